The molecule has 3 atom stereocenters. The van der Waals surface area contributed by atoms with E-state index in [0.29, 0.717) is 6.42 Å². The number of aliphatic hydroxyl groups is 2. The average molecular weight is 264 g/mol. The Morgan fingerprint density at radius 1 is 1.00 bits per heavy atom. The van der Waals surface area contributed by atoms with Crippen LogP contribution < -0.4 is 0 Å². The van der Waals surface area contributed by atoms with Gasteiger partial charge in [-0.2, -0.15) is 0 Å². The van der Waals surface area contributed by atoms with Gasteiger partial charge in [0.1, 0.15) is 12.2 Å². The van der Waals surface area contributed by atoms with Crippen LogP contribution in [0.2, 0.25) is 0 Å². The lowest BCUT2D eigenvalue weighted by atomic mass is 10.4. The zero-order valence-electron chi connectivity index (χ0n) is 10.8. The fraction of sp³-hybridized carbons (Fsp3) is 0.818. The molecule has 0 aliphatic heterocycles. The van der Waals surface area contributed by atoms with Crippen molar-refractivity contribution in [1.29, 1.82) is 0 Å². The highest BCUT2D eigenvalue weighted by atomic mass is 16.7. The van der Waals surface area contributed by atoms with E-state index in [0.717, 1.165) is 0 Å². The third-order valence-electron chi connectivity index (χ3n) is 1.85. The monoisotopic (exact) mass is 264 g/mol. The van der Waals surface area contributed by atoms with Crippen LogP contribution in [0.5, 0.6) is 0 Å². The molecule has 0 aromatic heterocycles. The molecular weight excluding hydrogens is 244 g/mol. The minimum Gasteiger partial charge on any atom is -0.464 e. The number of aliphatic hydroxyl groups excluding tert-OH is 2. The average Bonchev–Trinajstić information content (AvgIpc) is 2.27. The Hall–Kier alpha value is -1.18. The van der Waals surface area contributed by atoms with Gasteiger partial charge in [-0.25, -0.2) is 9.59 Å². The number of esters is 2. The topological polar surface area (TPSA) is 102 Å². The highest BCUT2D eigenvalue weighted by Crippen LogP contribution is 1.99. The van der Waals surface area contributed by atoms with E-state index in [2.05, 4.69) is 4.74 Å². The molecule has 2 N–H and O–H groups in total. The first-order chi connectivity index (χ1) is 8.34. The van der Waals surface area contributed by atoms with Gasteiger partial charge in [0.15, 0.2) is 6.29 Å². The van der Waals surface area contributed by atoms with E-state index in [4.69, 9.17) is 19.7 Å². The van der Waals surface area contributed by atoms with E-state index in [-0.39, 0.29) is 13.2 Å². The van der Waals surface area contributed by atoms with Gasteiger partial charge in [-0.05, 0) is 20.8 Å². The lowest BCUT2D eigenvalue weighted by Gasteiger charge is -2.15. The summed E-state index contributed by atoms with van der Waals surface area (Å²) in [5.41, 5.74) is 0. The van der Waals surface area contributed by atoms with E-state index in [1.54, 1.807) is 0 Å². The summed E-state index contributed by atoms with van der Waals surface area (Å²) in [7, 11) is 0. The first-order valence-electron chi connectivity index (χ1n) is 5.69. The molecule has 0 rings (SSSR count). The number of hydrogen-bond donors (Lipinski definition) is 2. The smallest absolute Gasteiger partial charge is 0.336 e. The van der Waals surface area contributed by atoms with Crippen LogP contribution in [0.4, 0.5) is 0 Å². The molecule has 0 heterocycles. The Balaban J connectivity index is 3.55. The van der Waals surface area contributed by atoms with Gasteiger partial charge in [0.05, 0.1) is 13.2 Å². The van der Waals surface area contributed by atoms with Crippen molar-refractivity contribution in [3.8, 4) is 0 Å². The number of rotatable bonds is 8. The highest BCUT2D eigenvalue weighted by molar-refractivity contribution is 5.74. The van der Waals surface area contributed by atoms with E-state index in [1.165, 1.54) is 20.8 Å². The molecule has 0 radical (unpaired) electrons. The van der Waals surface area contributed by atoms with Gasteiger partial charge in [0.2, 0.25) is 0 Å². The second kappa shape index (κ2) is 8.84. The summed E-state index contributed by atoms with van der Waals surface area (Å²) in [6.45, 7) is 4.46. The summed E-state index contributed by atoms with van der Waals surface area (Å²) < 4.78 is 14.5. The molecule has 7 heteroatoms. The number of carbonyl (C=O) groups excluding carboxylic acids is 2. The van der Waals surface area contributed by atoms with Crippen molar-refractivity contribution in [3.63, 3.8) is 0 Å². The highest BCUT2D eigenvalue weighted by Gasteiger charge is 2.14. The third-order valence-corrected chi connectivity index (χ3v) is 1.85. The molecule has 0 bridgehead atoms. The van der Waals surface area contributed by atoms with Crippen LogP contribution in [0.25, 0.3) is 0 Å². The van der Waals surface area contributed by atoms with Crippen molar-refractivity contribution in [2.45, 2.75) is 45.7 Å². The maximum atomic E-state index is 11.0. The van der Waals surface area contributed by atoms with E-state index >= 15 is 0 Å². The predicted octanol–water partition coefficient (Wildman–Crippen LogP) is -0.413. The van der Waals surface area contributed by atoms with Crippen LogP contribution in [0.15, 0.2) is 0 Å². The molecule has 0 aliphatic rings. The normalized spacial score (nSPS) is 15.6. The van der Waals surface area contributed by atoms with Crippen molar-refractivity contribution in [2.75, 3.05) is 13.2 Å². The van der Waals surface area contributed by atoms with Gasteiger partial charge in [-0.1, -0.05) is 0 Å². The van der Waals surface area contributed by atoms with Gasteiger partial charge in [0.25, 0.3) is 0 Å². The molecule has 0 aromatic rings. The summed E-state index contributed by atoms with van der Waals surface area (Å²) in [5, 5.41) is 17.7. The Morgan fingerprint density at radius 3 is 2.06 bits per heavy atom. The van der Waals surface area contributed by atoms with Crippen molar-refractivity contribution in [2.24, 2.45) is 0 Å². The molecule has 0 spiro atoms. The number of ether oxygens (including phenoxy) is 3. The van der Waals surface area contributed by atoms with Crippen LogP contribution in [0.3, 0.4) is 0 Å². The second-order valence-corrected chi connectivity index (χ2v) is 3.75. The van der Waals surface area contributed by atoms with Crippen molar-refractivity contribution < 1.29 is 34.0 Å². The summed E-state index contributed by atoms with van der Waals surface area (Å²) in [4.78, 5) is 21.8. The number of carbonyl (C=O) groups is 2. The molecule has 18 heavy (non-hydrogen) atoms. The van der Waals surface area contributed by atoms with Crippen molar-refractivity contribution in [1.82, 2.24) is 0 Å². The Labute approximate surface area is 106 Å². The van der Waals surface area contributed by atoms with Crippen LogP contribution in [-0.2, 0) is 23.8 Å². The molecule has 0 aliphatic carbocycles. The maximum absolute atomic E-state index is 11.0. The Morgan fingerprint density at radius 2 is 1.56 bits per heavy atom. The molecule has 0 aromatic carbocycles. The first-order valence-corrected chi connectivity index (χ1v) is 5.69. The lowest BCUT2D eigenvalue weighted by molar-refractivity contribution is -0.183. The largest absolute Gasteiger partial charge is 0.464 e. The van der Waals surface area contributed by atoms with Crippen LogP contribution in [0.1, 0.15) is 27.2 Å². The molecular formula is C11H20O7. The zero-order valence-corrected chi connectivity index (χ0v) is 10.8. The summed E-state index contributed by atoms with van der Waals surface area (Å²) >= 11 is 0. The van der Waals surface area contributed by atoms with E-state index < -0.39 is 30.4 Å². The standard InChI is InChI=1S/C11H20O7/c1-7(12)10(14)17-6-4-5-16-9(3)18-11(15)8(2)13/h7-9,12-13H,4-6H2,1-3H3. The van der Waals surface area contributed by atoms with Gasteiger partial charge in [-0.15, -0.1) is 0 Å². The van der Waals surface area contributed by atoms with E-state index in [1.807, 2.05) is 0 Å². The molecule has 7 nitrogen and oxygen atoms in total. The van der Waals surface area contributed by atoms with Crippen LogP contribution in [0, 0.1) is 0 Å². The SMILES string of the molecule is CC(OCCCOC(=O)C(C)O)OC(=O)C(C)O. The minimum absolute atomic E-state index is 0.112. The summed E-state index contributed by atoms with van der Waals surface area (Å²) in [6.07, 6.45) is -2.70. The Bertz CT molecular complexity index is 262. The first kappa shape index (κ1) is 16.8. The van der Waals surface area contributed by atoms with Gasteiger partial charge in [-0.3, -0.25) is 0 Å². The van der Waals surface area contributed by atoms with E-state index in [9.17, 15) is 9.59 Å². The fourth-order valence-electron chi connectivity index (χ4n) is 0.898. The lowest BCUT2D eigenvalue weighted by Crippen LogP contribution is -2.26. The molecule has 0 saturated carbocycles. The molecule has 3 unspecified atom stereocenters. The predicted molar refractivity (Wildman–Crippen MR) is 60.4 cm³/mol. The summed E-state index contributed by atoms with van der Waals surface area (Å²) in [5.74, 6) is -1.45. The minimum atomic E-state index is -1.19. The Kier molecular flexibility index (Phi) is 8.27. The molecule has 0 amide bonds. The molecule has 106 valence electrons. The summed E-state index contributed by atoms with van der Waals surface area (Å²) in [6, 6.07) is 0. The van der Waals surface area contributed by atoms with Gasteiger partial charge in [0, 0.05) is 6.42 Å². The quantitative estimate of drug-likeness (QED) is 0.349. The van der Waals surface area contributed by atoms with Gasteiger partial charge >= 0.3 is 11.9 Å². The third kappa shape index (κ3) is 7.99. The van der Waals surface area contributed by atoms with Crippen molar-refractivity contribution >= 4 is 11.9 Å². The second-order valence-electron chi connectivity index (χ2n) is 3.75. The maximum Gasteiger partial charge on any atom is 0.336 e. The van der Waals surface area contributed by atoms with Gasteiger partial charge < -0.3 is 24.4 Å². The van der Waals surface area contributed by atoms with Crippen molar-refractivity contribution in [3.05, 3.63) is 0 Å². The number of hydrogen-bond acceptors (Lipinski definition) is 7. The zero-order chi connectivity index (χ0) is 14.1. The fourth-order valence-corrected chi connectivity index (χ4v) is 0.898. The van der Waals surface area contributed by atoms with Crippen LogP contribution in [-0.4, -0.2) is 53.9 Å². The van der Waals surface area contributed by atoms with Crippen LogP contribution >= 0.6 is 0 Å². The molecule has 0 fully saturated rings. The molecule has 0 saturated heterocycles.